The number of para-hydroxylation sites is 1. The lowest BCUT2D eigenvalue weighted by molar-refractivity contribution is -0.137. The molecule has 5 nitrogen and oxygen atoms in total. The quantitative estimate of drug-likeness (QED) is 0.651. The molecular weight excluding hydrogens is 393 g/mol. The van der Waals surface area contributed by atoms with E-state index in [0.717, 1.165) is 11.8 Å². The smallest absolute Gasteiger partial charge is 0.335 e. The van der Waals surface area contributed by atoms with E-state index in [1.165, 1.54) is 12.1 Å². The summed E-state index contributed by atoms with van der Waals surface area (Å²) < 4.78 is 40.5. The molecule has 0 bridgehead atoms. The Kier molecular flexibility index (Phi) is 5.59. The number of rotatable bonds is 4. The molecule has 0 unspecified atom stereocenters. The number of alkyl halides is 3. The molecule has 4 rings (SSSR count). The summed E-state index contributed by atoms with van der Waals surface area (Å²) in [5.41, 5.74) is 1.34. The molecule has 156 valence electrons. The molecule has 3 aromatic rings. The molecule has 0 saturated carbocycles. The second-order valence-electron chi connectivity index (χ2n) is 7.25. The fraction of sp³-hybridized carbons (Fsp3) is 0.273. The first-order chi connectivity index (χ1) is 14.4. The largest absolute Gasteiger partial charge is 0.416 e. The van der Waals surface area contributed by atoms with Gasteiger partial charge in [-0.05, 0) is 23.8 Å². The Morgan fingerprint density at radius 1 is 0.967 bits per heavy atom. The van der Waals surface area contributed by atoms with Crippen molar-refractivity contribution in [3.8, 4) is 5.69 Å². The number of imidazole rings is 1. The Morgan fingerprint density at radius 3 is 2.40 bits per heavy atom. The molecule has 1 saturated heterocycles. The number of piperazine rings is 1. The van der Waals surface area contributed by atoms with Gasteiger partial charge in [0, 0.05) is 38.4 Å². The summed E-state index contributed by atoms with van der Waals surface area (Å²) in [6, 6.07) is 14.9. The molecule has 1 aliphatic heterocycles. The summed E-state index contributed by atoms with van der Waals surface area (Å²) in [6.45, 7) is 2.65. The van der Waals surface area contributed by atoms with Crippen LogP contribution < -0.4 is 0 Å². The van der Waals surface area contributed by atoms with Crippen LogP contribution in [-0.4, -0.2) is 51.4 Å². The van der Waals surface area contributed by atoms with E-state index >= 15 is 0 Å². The van der Waals surface area contributed by atoms with Gasteiger partial charge in [-0.1, -0.05) is 36.4 Å². The van der Waals surface area contributed by atoms with Crippen molar-refractivity contribution in [3.63, 3.8) is 0 Å². The minimum Gasteiger partial charge on any atom is -0.335 e. The minimum absolute atomic E-state index is 0.102. The van der Waals surface area contributed by atoms with Gasteiger partial charge in [0.1, 0.15) is 5.69 Å². The van der Waals surface area contributed by atoms with Gasteiger partial charge < -0.3 is 4.90 Å². The number of benzene rings is 2. The predicted molar refractivity (Wildman–Crippen MR) is 106 cm³/mol. The van der Waals surface area contributed by atoms with Crippen molar-refractivity contribution >= 4 is 5.91 Å². The van der Waals surface area contributed by atoms with Crippen molar-refractivity contribution in [1.82, 2.24) is 19.4 Å². The van der Waals surface area contributed by atoms with Crippen molar-refractivity contribution in [2.24, 2.45) is 0 Å². The molecule has 1 aromatic heterocycles. The highest BCUT2D eigenvalue weighted by molar-refractivity contribution is 5.93. The molecule has 1 amide bonds. The van der Waals surface area contributed by atoms with Crippen LogP contribution in [0, 0.1) is 0 Å². The summed E-state index contributed by atoms with van der Waals surface area (Å²) in [6.07, 6.45) is -1.17. The normalized spacial score (nSPS) is 15.4. The Balaban J connectivity index is 1.39. The van der Waals surface area contributed by atoms with E-state index in [0.29, 0.717) is 44.0 Å². The summed E-state index contributed by atoms with van der Waals surface area (Å²) >= 11 is 0. The average Bonchev–Trinajstić information content (AvgIpc) is 3.24. The van der Waals surface area contributed by atoms with Crippen molar-refractivity contribution < 1.29 is 18.0 Å². The van der Waals surface area contributed by atoms with Crippen LogP contribution in [0.1, 0.15) is 21.6 Å². The lowest BCUT2D eigenvalue weighted by Gasteiger charge is -2.34. The van der Waals surface area contributed by atoms with E-state index in [1.807, 2.05) is 30.3 Å². The molecule has 30 heavy (non-hydrogen) atoms. The topological polar surface area (TPSA) is 41.4 Å². The standard InChI is InChI=1S/C22H21F3N4O/c23-22(24,25)18-6-4-5-17(13-18)15-27-9-11-28(12-10-27)21(30)20-14-26-16-29(20)19-7-2-1-3-8-19/h1-8,13-14,16H,9-12,15H2. The molecule has 2 aromatic carbocycles. The van der Waals surface area contributed by atoms with E-state index < -0.39 is 11.7 Å². The van der Waals surface area contributed by atoms with Gasteiger partial charge in [-0.25, -0.2) is 4.98 Å². The number of hydrogen-bond donors (Lipinski definition) is 0. The van der Waals surface area contributed by atoms with Gasteiger partial charge in [0.25, 0.3) is 5.91 Å². The van der Waals surface area contributed by atoms with E-state index in [9.17, 15) is 18.0 Å². The zero-order chi connectivity index (χ0) is 21.1. The zero-order valence-electron chi connectivity index (χ0n) is 16.2. The fourth-order valence-electron chi connectivity index (χ4n) is 3.62. The molecule has 0 radical (unpaired) electrons. The minimum atomic E-state index is -4.34. The molecule has 0 atom stereocenters. The number of amides is 1. The fourth-order valence-corrected chi connectivity index (χ4v) is 3.62. The monoisotopic (exact) mass is 414 g/mol. The van der Waals surface area contributed by atoms with Crippen molar-refractivity contribution in [3.05, 3.63) is 83.9 Å². The summed E-state index contributed by atoms with van der Waals surface area (Å²) in [5.74, 6) is -0.102. The molecule has 0 aliphatic carbocycles. The summed E-state index contributed by atoms with van der Waals surface area (Å²) in [5, 5.41) is 0. The van der Waals surface area contributed by atoms with Crippen LogP contribution in [0.4, 0.5) is 13.2 Å². The van der Waals surface area contributed by atoms with Gasteiger partial charge in [-0.15, -0.1) is 0 Å². The highest BCUT2D eigenvalue weighted by Crippen LogP contribution is 2.29. The number of halogens is 3. The first kappa shape index (κ1) is 20.2. The highest BCUT2D eigenvalue weighted by Gasteiger charge is 2.30. The molecule has 2 heterocycles. The van der Waals surface area contributed by atoms with Crippen LogP contribution in [0.25, 0.3) is 5.69 Å². The second kappa shape index (κ2) is 8.31. The van der Waals surface area contributed by atoms with Crippen molar-refractivity contribution in [2.75, 3.05) is 26.2 Å². The van der Waals surface area contributed by atoms with Crippen LogP contribution in [0.15, 0.2) is 67.1 Å². The van der Waals surface area contributed by atoms with Crippen molar-refractivity contribution in [1.29, 1.82) is 0 Å². The first-order valence-corrected chi connectivity index (χ1v) is 9.67. The number of hydrogen-bond acceptors (Lipinski definition) is 3. The molecule has 8 heteroatoms. The van der Waals surface area contributed by atoms with Gasteiger partial charge >= 0.3 is 6.18 Å². The highest BCUT2D eigenvalue weighted by atomic mass is 19.4. The number of nitrogens with zero attached hydrogens (tertiary/aromatic N) is 4. The van der Waals surface area contributed by atoms with Crippen LogP contribution in [0.3, 0.4) is 0 Å². The maximum Gasteiger partial charge on any atom is 0.416 e. The van der Waals surface area contributed by atoms with Gasteiger partial charge in [-0.3, -0.25) is 14.3 Å². The Bertz CT molecular complexity index is 1010. The van der Waals surface area contributed by atoms with E-state index in [2.05, 4.69) is 9.88 Å². The lowest BCUT2D eigenvalue weighted by Crippen LogP contribution is -2.48. The number of carbonyl (C=O) groups excluding carboxylic acids is 1. The Labute approximate surface area is 172 Å². The Morgan fingerprint density at radius 2 is 1.70 bits per heavy atom. The van der Waals surface area contributed by atoms with Crippen LogP contribution in [-0.2, 0) is 12.7 Å². The van der Waals surface area contributed by atoms with Crippen LogP contribution >= 0.6 is 0 Å². The van der Waals surface area contributed by atoms with E-state index in [4.69, 9.17) is 0 Å². The van der Waals surface area contributed by atoms with Gasteiger partial charge in [0.05, 0.1) is 18.1 Å². The average molecular weight is 414 g/mol. The molecule has 1 fully saturated rings. The second-order valence-corrected chi connectivity index (χ2v) is 7.25. The maximum absolute atomic E-state index is 13.0. The first-order valence-electron chi connectivity index (χ1n) is 9.67. The molecular formula is C22H21F3N4O. The molecule has 0 spiro atoms. The van der Waals surface area contributed by atoms with Gasteiger partial charge in [0.2, 0.25) is 0 Å². The van der Waals surface area contributed by atoms with Gasteiger partial charge in [-0.2, -0.15) is 13.2 Å². The van der Waals surface area contributed by atoms with E-state index in [-0.39, 0.29) is 5.91 Å². The van der Waals surface area contributed by atoms with Crippen LogP contribution in [0.5, 0.6) is 0 Å². The SMILES string of the molecule is O=C(c1cncn1-c1ccccc1)N1CCN(Cc2cccc(C(F)(F)F)c2)CC1. The summed E-state index contributed by atoms with van der Waals surface area (Å²) in [4.78, 5) is 20.9. The third kappa shape index (κ3) is 4.38. The third-order valence-electron chi connectivity index (χ3n) is 5.21. The number of aromatic nitrogens is 2. The third-order valence-corrected chi connectivity index (χ3v) is 5.21. The van der Waals surface area contributed by atoms with Crippen molar-refractivity contribution in [2.45, 2.75) is 12.7 Å². The lowest BCUT2D eigenvalue weighted by atomic mass is 10.1. The van der Waals surface area contributed by atoms with Crippen LogP contribution in [0.2, 0.25) is 0 Å². The molecule has 0 N–H and O–H groups in total. The van der Waals surface area contributed by atoms with E-state index in [1.54, 1.807) is 28.1 Å². The number of carbonyl (C=O) groups is 1. The Hall–Kier alpha value is -3.13. The zero-order valence-corrected chi connectivity index (χ0v) is 16.2. The maximum atomic E-state index is 13.0. The summed E-state index contributed by atoms with van der Waals surface area (Å²) in [7, 11) is 0. The van der Waals surface area contributed by atoms with Gasteiger partial charge in [0.15, 0.2) is 0 Å². The predicted octanol–water partition coefficient (Wildman–Crippen LogP) is 3.85. The molecule has 1 aliphatic rings.